The maximum absolute atomic E-state index is 4.63. The van der Waals surface area contributed by atoms with Crippen LogP contribution in [0.2, 0.25) is 0 Å². The van der Waals surface area contributed by atoms with Gasteiger partial charge in [-0.15, -0.1) is 0 Å². The molecule has 0 radical (unpaired) electrons. The van der Waals surface area contributed by atoms with E-state index in [1.165, 1.54) is 21.5 Å². The number of aromatic nitrogens is 6. The van der Waals surface area contributed by atoms with Crippen LogP contribution in [0.5, 0.6) is 0 Å². The lowest BCUT2D eigenvalue weighted by Crippen LogP contribution is -1.92. The van der Waals surface area contributed by atoms with E-state index in [0.29, 0.717) is 11.8 Å². The van der Waals surface area contributed by atoms with Gasteiger partial charge in [-0.05, 0) is 28.3 Å². The van der Waals surface area contributed by atoms with E-state index >= 15 is 0 Å². The van der Waals surface area contributed by atoms with E-state index < -0.39 is 0 Å². The third-order valence-corrected chi connectivity index (χ3v) is 6.72. The zero-order valence-corrected chi connectivity index (χ0v) is 24.1. The van der Waals surface area contributed by atoms with Crippen molar-refractivity contribution >= 4 is 32.4 Å². The van der Waals surface area contributed by atoms with Crippen LogP contribution < -0.4 is 0 Å². The summed E-state index contributed by atoms with van der Waals surface area (Å²) >= 11 is 0. The minimum absolute atomic E-state index is 0.364. The molecule has 198 valence electrons. The molecule has 6 aromatic rings. The van der Waals surface area contributed by atoms with Crippen LogP contribution in [-0.4, -0.2) is 29.7 Å². The Hall–Kier alpha value is -3.93. The number of fused-ring (bicyclic) bond motifs is 6. The zero-order valence-electron chi connectivity index (χ0n) is 24.1. The van der Waals surface area contributed by atoms with Crippen LogP contribution in [0, 0.1) is 0 Å². The Labute approximate surface area is 225 Å². The van der Waals surface area contributed by atoms with Gasteiger partial charge in [0.25, 0.3) is 0 Å². The standard InChI is InChI=1S/C28H28N6.2C2H6/c1-15(2)27-29-13-24(32-27)17-6-8-19-20-9-7-18(25-14-30-28(33-25)16(3)4)11-22(20)26-23(21(19)10-17)12-31-34(26)5;2*1-2/h6-16H,1-5H3,(H,29,32)(H,30,33);2*1-2H3. The number of imidazole rings is 2. The first-order valence-electron chi connectivity index (χ1n) is 13.8. The highest BCUT2D eigenvalue weighted by atomic mass is 15.2. The molecule has 38 heavy (non-hydrogen) atoms. The molecule has 0 aliphatic carbocycles. The molecule has 0 aliphatic rings. The average molecular weight is 509 g/mol. The van der Waals surface area contributed by atoms with Crippen molar-refractivity contribution in [2.75, 3.05) is 0 Å². The number of aryl methyl sites for hydroxylation is 1. The van der Waals surface area contributed by atoms with Gasteiger partial charge >= 0.3 is 0 Å². The summed E-state index contributed by atoms with van der Waals surface area (Å²) in [6, 6.07) is 13.3. The molecule has 0 fully saturated rings. The highest BCUT2D eigenvalue weighted by Gasteiger charge is 2.16. The number of aromatic amines is 2. The summed E-state index contributed by atoms with van der Waals surface area (Å²) in [5, 5.41) is 10.6. The Bertz CT molecular complexity index is 1680. The summed E-state index contributed by atoms with van der Waals surface area (Å²) in [6.45, 7) is 16.6. The summed E-state index contributed by atoms with van der Waals surface area (Å²) in [5.41, 5.74) is 5.48. The predicted octanol–water partition coefficient (Wildman–Crippen LogP) is 8.96. The first kappa shape index (κ1) is 27.1. The highest BCUT2D eigenvalue weighted by Crippen LogP contribution is 2.38. The van der Waals surface area contributed by atoms with Gasteiger partial charge in [0.05, 0.1) is 35.5 Å². The lowest BCUT2D eigenvalue weighted by Gasteiger charge is -2.11. The van der Waals surface area contributed by atoms with Gasteiger partial charge < -0.3 is 9.97 Å². The SMILES string of the molecule is CC.CC.CC(C)c1ncc(-c2ccc3c(c2)c2cnn(C)c2c2cc(-c4cnc(C(C)C)[nH]4)ccc32)[nH]1. The number of nitrogens with one attached hydrogen (secondary N) is 2. The van der Waals surface area contributed by atoms with Crippen LogP contribution in [0.3, 0.4) is 0 Å². The molecule has 6 nitrogen and oxygen atoms in total. The maximum atomic E-state index is 4.63. The monoisotopic (exact) mass is 508 g/mol. The number of hydrogen-bond acceptors (Lipinski definition) is 3. The lowest BCUT2D eigenvalue weighted by molar-refractivity contribution is 0.795. The van der Waals surface area contributed by atoms with Gasteiger partial charge in [-0.25, -0.2) is 9.97 Å². The summed E-state index contributed by atoms with van der Waals surface area (Å²) in [7, 11) is 2.01. The molecule has 0 atom stereocenters. The number of benzene rings is 3. The van der Waals surface area contributed by atoms with Gasteiger partial charge in [0, 0.05) is 40.8 Å². The average Bonchev–Trinajstić information content (AvgIpc) is 3.71. The van der Waals surface area contributed by atoms with E-state index in [0.717, 1.165) is 45.1 Å². The molecule has 0 saturated heterocycles. The molecule has 2 N–H and O–H groups in total. The van der Waals surface area contributed by atoms with E-state index in [2.05, 4.69) is 89.1 Å². The largest absolute Gasteiger partial charge is 0.342 e. The molecule has 6 heteroatoms. The second-order valence-corrected chi connectivity index (χ2v) is 9.72. The molecular weight excluding hydrogens is 468 g/mol. The Kier molecular flexibility index (Phi) is 8.00. The van der Waals surface area contributed by atoms with Crippen LogP contribution in [0.15, 0.2) is 55.0 Å². The molecule has 0 spiro atoms. The number of H-pyrrole nitrogens is 2. The van der Waals surface area contributed by atoms with Crippen molar-refractivity contribution in [3.8, 4) is 22.5 Å². The fourth-order valence-electron chi connectivity index (χ4n) is 4.82. The third kappa shape index (κ3) is 4.71. The number of nitrogens with zero attached hydrogens (tertiary/aromatic N) is 4. The molecule has 0 aliphatic heterocycles. The van der Waals surface area contributed by atoms with E-state index in [9.17, 15) is 0 Å². The van der Waals surface area contributed by atoms with Gasteiger partial charge in [-0.3, -0.25) is 4.68 Å². The minimum atomic E-state index is 0.364. The van der Waals surface area contributed by atoms with E-state index in [-0.39, 0.29) is 0 Å². The summed E-state index contributed by atoms with van der Waals surface area (Å²) in [6.07, 6.45) is 5.84. The minimum Gasteiger partial charge on any atom is -0.342 e. The fraction of sp³-hybridized carbons (Fsp3) is 0.344. The van der Waals surface area contributed by atoms with Gasteiger partial charge in [0.2, 0.25) is 0 Å². The van der Waals surface area contributed by atoms with Crippen LogP contribution in [0.1, 0.15) is 78.9 Å². The second kappa shape index (κ2) is 11.2. The molecule has 0 bridgehead atoms. The first-order valence-corrected chi connectivity index (χ1v) is 13.8. The molecule has 6 rings (SSSR count). The van der Waals surface area contributed by atoms with Crippen molar-refractivity contribution in [3.63, 3.8) is 0 Å². The van der Waals surface area contributed by atoms with Gasteiger partial charge in [0.15, 0.2) is 0 Å². The van der Waals surface area contributed by atoms with Crippen LogP contribution in [-0.2, 0) is 7.05 Å². The molecule has 3 aromatic carbocycles. The van der Waals surface area contributed by atoms with Crippen LogP contribution in [0.4, 0.5) is 0 Å². The second-order valence-electron chi connectivity index (χ2n) is 9.72. The van der Waals surface area contributed by atoms with Crippen molar-refractivity contribution < 1.29 is 0 Å². The van der Waals surface area contributed by atoms with Gasteiger partial charge in [-0.2, -0.15) is 5.10 Å². The fourth-order valence-corrected chi connectivity index (χ4v) is 4.82. The van der Waals surface area contributed by atoms with E-state index in [1.807, 2.05) is 58.0 Å². The zero-order chi connectivity index (χ0) is 27.6. The molecule has 0 amide bonds. The molecule has 3 aromatic heterocycles. The van der Waals surface area contributed by atoms with Crippen LogP contribution in [0.25, 0.3) is 55.0 Å². The smallest absolute Gasteiger partial charge is 0.109 e. The summed E-state index contributed by atoms with van der Waals surface area (Å²) in [5.74, 6) is 2.74. The highest BCUT2D eigenvalue weighted by molar-refractivity contribution is 6.25. The molecular formula is C32H40N6. The van der Waals surface area contributed by atoms with Crippen molar-refractivity contribution in [2.45, 2.75) is 67.2 Å². The summed E-state index contributed by atoms with van der Waals surface area (Å²) in [4.78, 5) is 16.1. The Morgan fingerprint density at radius 1 is 0.605 bits per heavy atom. The van der Waals surface area contributed by atoms with Crippen molar-refractivity contribution in [2.24, 2.45) is 7.05 Å². The number of hydrogen-bond donors (Lipinski definition) is 2. The predicted molar refractivity (Wildman–Crippen MR) is 162 cm³/mol. The Morgan fingerprint density at radius 2 is 1.08 bits per heavy atom. The van der Waals surface area contributed by atoms with Crippen molar-refractivity contribution in [1.29, 1.82) is 0 Å². The maximum Gasteiger partial charge on any atom is 0.109 e. The van der Waals surface area contributed by atoms with Crippen LogP contribution >= 0.6 is 0 Å². The van der Waals surface area contributed by atoms with Crippen molar-refractivity contribution in [3.05, 3.63) is 66.6 Å². The normalized spacial score (nSPS) is 11.2. The Morgan fingerprint density at radius 3 is 1.55 bits per heavy atom. The lowest BCUT2D eigenvalue weighted by atomic mass is 9.94. The summed E-state index contributed by atoms with van der Waals surface area (Å²) < 4.78 is 1.98. The quantitative estimate of drug-likeness (QED) is 0.233. The Balaban J connectivity index is 0.000000804. The van der Waals surface area contributed by atoms with Gasteiger partial charge in [0.1, 0.15) is 11.6 Å². The molecule has 0 unspecified atom stereocenters. The van der Waals surface area contributed by atoms with Gasteiger partial charge in [-0.1, -0.05) is 79.7 Å². The third-order valence-electron chi connectivity index (χ3n) is 6.72. The first-order chi connectivity index (χ1) is 18.4. The number of rotatable bonds is 4. The van der Waals surface area contributed by atoms with E-state index in [4.69, 9.17) is 0 Å². The topological polar surface area (TPSA) is 75.2 Å². The van der Waals surface area contributed by atoms with E-state index in [1.54, 1.807) is 0 Å². The molecule has 0 saturated carbocycles. The van der Waals surface area contributed by atoms with Crippen molar-refractivity contribution in [1.82, 2.24) is 29.7 Å². The molecule has 3 heterocycles.